The monoisotopic (exact) mass is 429 g/mol. The smallest absolute Gasteiger partial charge is 0.261 e. The molecule has 1 fully saturated rings. The Morgan fingerprint density at radius 3 is 2.56 bits per heavy atom. The number of carbonyl (C=O) groups is 1. The predicted molar refractivity (Wildman–Crippen MR) is 109 cm³/mol. The highest BCUT2D eigenvalue weighted by Gasteiger charge is 2.26. The fraction of sp³-hybridized carbons (Fsp3) is 0.278. The molecule has 1 aliphatic heterocycles. The summed E-state index contributed by atoms with van der Waals surface area (Å²) in [5.74, 6) is -0.262. The van der Waals surface area contributed by atoms with E-state index >= 15 is 0 Å². The van der Waals surface area contributed by atoms with Gasteiger partial charge in [0.1, 0.15) is 0 Å². The number of benzene rings is 2. The summed E-state index contributed by atoms with van der Waals surface area (Å²) in [4.78, 5) is 14.7. The van der Waals surface area contributed by atoms with Gasteiger partial charge in [-0.05, 0) is 43.2 Å². The number of amides is 1. The molecular weight excluding hydrogens is 409 g/mol. The lowest BCUT2D eigenvalue weighted by atomic mass is 10.0. The van der Waals surface area contributed by atoms with Crippen molar-refractivity contribution in [1.29, 1.82) is 0 Å². The van der Waals surface area contributed by atoms with Gasteiger partial charge in [0.05, 0.1) is 16.1 Å². The van der Waals surface area contributed by atoms with Crippen LogP contribution in [0.3, 0.4) is 0 Å². The minimum Gasteiger partial charge on any atom is -0.337 e. The Hall–Kier alpha value is -1.80. The van der Waals surface area contributed by atoms with E-state index in [0.717, 1.165) is 12.8 Å². The van der Waals surface area contributed by atoms with Crippen molar-refractivity contribution in [1.82, 2.24) is 4.90 Å². The van der Waals surface area contributed by atoms with Crippen LogP contribution in [0.15, 0.2) is 53.4 Å². The number of rotatable bonds is 4. The van der Waals surface area contributed by atoms with E-state index in [1.165, 1.54) is 24.3 Å². The SMILES string of the molecule is Cl.NC1CCCN(C(=O)c2ccc(Cl)cc2NS(=O)(=O)c2ccccc2)C1. The Bertz CT molecular complexity index is 907. The lowest BCUT2D eigenvalue weighted by Crippen LogP contribution is -2.45. The van der Waals surface area contributed by atoms with Gasteiger partial charge in [0.25, 0.3) is 15.9 Å². The van der Waals surface area contributed by atoms with Gasteiger partial charge < -0.3 is 10.6 Å². The maximum absolute atomic E-state index is 12.9. The lowest BCUT2D eigenvalue weighted by Gasteiger charge is -2.31. The van der Waals surface area contributed by atoms with E-state index < -0.39 is 10.0 Å². The first-order valence-corrected chi connectivity index (χ1v) is 10.2. The first-order valence-electron chi connectivity index (χ1n) is 8.29. The fourth-order valence-electron chi connectivity index (χ4n) is 2.96. The van der Waals surface area contributed by atoms with Gasteiger partial charge in [-0.2, -0.15) is 0 Å². The maximum atomic E-state index is 12.9. The highest BCUT2D eigenvalue weighted by Crippen LogP contribution is 2.26. The van der Waals surface area contributed by atoms with E-state index in [1.54, 1.807) is 29.2 Å². The molecule has 0 saturated carbocycles. The van der Waals surface area contributed by atoms with Crippen LogP contribution in [-0.2, 0) is 10.0 Å². The highest BCUT2D eigenvalue weighted by molar-refractivity contribution is 7.92. The number of nitrogens with two attached hydrogens (primary N) is 1. The van der Waals surface area contributed by atoms with E-state index in [-0.39, 0.29) is 40.5 Å². The van der Waals surface area contributed by atoms with Crippen LogP contribution in [0.5, 0.6) is 0 Å². The molecule has 0 aromatic heterocycles. The summed E-state index contributed by atoms with van der Waals surface area (Å²) in [5.41, 5.74) is 6.37. The summed E-state index contributed by atoms with van der Waals surface area (Å²) < 4.78 is 27.7. The Morgan fingerprint density at radius 2 is 1.89 bits per heavy atom. The molecule has 3 rings (SSSR count). The third-order valence-corrected chi connectivity index (χ3v) is 5.87. The Labute approximate surface area is 170 Å². The van der Waals surface area contributed by atoms with Crippen molar-refractivity contribution in [2.45, 2.75) is 23.8 Å². The van der Waals surface area contributed by atoms with E-state index in [9.17, 15) is 13.2 Å². The Balaban J connectivity index is 0.00000261. The van der Waals surface area contributed by atoms with Gasteiger partial charge >= 0.3 is 0 Å². The molecule has 0 aliphatic carbocycles. The second-order valence-corrected chi connectivity index (χ2v) is 8.38. The molecule has 146 valence electrons. The molecular formula is C18H21Cl2N3O3S. The zero-order chi connectivity index (χ0) is 18.7. The Morgan fingerprint density at radius 1 is 1.19 bits per heavy atom. The number of sulfonamides is 1. The standard InChI is InChI=1S/C18H20ClN3O3S.ClH/c19-13-8-9-16(18(23)22-10-4-5-14(20)12-22)17(11-13)21-26(24,25)15-6-2-1-3-7-15;/h1-3,6-9,11,14,21H,4-5,10,12,20H2;1H. The normalized spacial score (nSPS) is 17.1. The quantitative estimate of drug-likeness (QED) is 0.780. The number of nitrogens with one attached hydrogen (secondary N) is 1. The average molecular weight is 430 g/mol. The van der Waals surface area contributed by atoms with Gasteiger partial charge in [-0.15, -0.1) is 12.4 Å². The highest BCUT2D eigenvalue weighted by atomic mass is 35.5. The molecule has 1 amide bonds. The van der Waals surface area contributed by atoms with Crippen LogP contribution in [0.25, 0.3) is 0 Å². The molecule has 1 unspecified atom stereocenters. The molecule has 2 aromatic rings. The molecule has 6 nitrogen and oxygen atoms in total. The predicted octanol–water partition coefficient (Wildman–Crippen LogP) is 3.13. The van der Waals surface area contributed by atoms with Crippen molar-refractivity contribution in [3.05, 3.63) is 59.1 Å². The van der Waals surface area contributed by atoms with Crippen molar-refractivity contribution >= 4 is 45.6 Å². The van der Waals surface area contributed by atoms with Gasteiger partial charge in [0.2, 0.25) is 0 Å². The number of nitrogens with zero attached hydrogens (tertiary/aromatic N) is 1. The molecule has 0 spiro atoms. The van der Waals surface area contributed by atoms with Crippen LogP contribution >= 0.6 is 24.0 Å². The molecule has 1 atom stereocenters. The van der Waals surface area contributed by atoms with Gasteiger partial charge in [0, 0.05) is 24.2 Å². The summed E-state index contributed by atoms with van der Waals surface area (Å²) >= 11 is 6.03. The summed E-state index contributed by atoms with van der Waals surface area (Å²) in [7, 11) is -3.83. The van der Waals surface area contributed by atoms with Crippen molar-refractivity contribution < 1.29 is 13.2 Å². The van der Waals surface area contributed by atoms with Crippen LogP contribution < -0.4 is 10.5 Å². The lowest BCUT2D eigenvalue weighted by molar-refractivity contribution is 0.0710. The number of likely N-dealkylation sites (tertiary alicyclic amines) is 1. The molecule has 9 heteroatoms. The molecule has 1 aliphatic rings. The maximum Gasteiger partial charge on any atom is 0.261 e. The summed E-state index contributed by atoms with van der Waals surface area (Å²) in [6.45, 7) is 1.05. The molecule has 3 N–H and O–H groups in total. The van der Waals surface area contributed by atoms with Crippen molar-refractivity contribution in [3.8, 4) is 0 Å². The van der Waals surface area contributed by atoms with Gasteiger partial charge in [-0.25, -0.2) is 8.42 Å². The van der Waals surface area contributed by atoms with Crippen molar-refractivity contribution in [2.75, 3.05) is 17.8 Å². The van der Waals surface area contributed by atoms with Gasteiger partial charge in [-0.1, -0.05) is 29.8 Å². The van der Waals surface area contributed by atoms with Crippen LogP contribution in [0.4, 0.5) is 5.69 Å². The molecule has 2 aromatic carbocycles. The zero-order valence-corrected chi connectivity index (χ0v) is 16.9. The summed E-state index contributed by atoms with van der Waals surface area (Å²) in [5, 5.41) is 0.336. The number of hydrogen-bond donors (Lipinski definition) is 2. The van der Waals surface area contributed by atoms with Crippen LogP contribution in [0, 0.1) is 0 Å². The molecule has 0 radical (unpaired) electrons. The zero-order valence-electron chi connectivity index (χ0n) is 14.5. The van der Waals surface area contributed by atoms with Crippen LogP contribution in [0.1, 0.15) is 23.2 Å². The number of piperidine rings is 1. The summed E-state index contributed by atoms with van der Waals surface area (Å²) in [6, 6.07) is 12.4. The van der Waals surface area contributed by atoms with E-state index in [4.69, 9.17) is 17.3 Å². The van der Waals surface area contributed by atoms with E-state index in [1.807, 2.05) is 0 Å². The number of carbonyl (C=O) groups excluding carboxylic acids is 1. The third kappa shape index (κ3) is 5.13. The topological polar surface area (TPSA) is 92.5 Å². The number of halogens is 2. The van der Waals surface area contributed by atoms with E-state index in [2.05, 4.69) is 4.72 Å². The molecule has 27 heavy (non-hydrogen) atoms. The van der Waals surface area contributed by atoms with Crippen LogP contribution in [0.2, 0.25) is 5.02 Å². The average Bonchev–Trinajstić information content (AvgIpc) is 2.62. The fourth-order valence-corrected chi connectivity index (χ4v) is 4.22. The minimum atomic E-state index is -3.83. The number of hydrogen-bond acceptors (Lipinski definition) is 4. The first-order chi connectivity index (χ1) is 12.4. The van der Waals surface area contributed by atoms with E-state index in [0.29, 0.717) is 18.1 Å². The van der Waals surface area contributed by atoms with Crippen molar-refractivity contribution in [3.63, 3.8) is 0 Å². The largest absolute Gasteiger partial charge is 0.337 e. The van der Waals surface area contributed by atoms with Gasteiger partial charge in [-0.3, -0.25) is 9.52 Å². The van der Waals surface area contributed by atoms with Crippen molar-refractivity contribution in [2.24, 2.45) is 5.73 Å². The molecule has 1 heterocycles. The second-order valence-electron chi connectivity index (χ2n) is 6.26. The molecule has 0 bridgehead atoms. The minimum absolute atomic E-state index is 0. The number of anilines is 1. The first kappa shape index (κ1) is 21.5. The molecule has 1 saturated heterocycles. The Kier molecular flexibility index (Phi) is 7.11. The third-order valence-electron chi connectivity index (χ3n) is 4.25. The van der Waals surface area contributed by atoms with Gasteiger partial charge in [0.15, 0.2) is 0 Å². The second kappa shape index (κ2) is 8.93. The summed E-state index contributed by atoms with van der Waals surface area (Å²) in [6.07, 6.45) is 1.70. The van der Waals surface area contributed by atoms with Crippen LogP contribution in [-0.4, -0.2) is 38.4 Å².